The summed E-state index contributed by atoms with van der Waals surface area (Å²) < 4.78 is 0. The van der Waals surface area contributed by atoms with E-state index in [0.717, 1.165) is 42.1 Å². The van der Waals surface area contributed by atoms with Crippen LogP contribution in [0.4, 0.5) is 0 Å². The van der Waals surface area contributed by atoms with E-state index in [2.05, 4.69) is 41.9 Å². The van der Waals surface area contributed by atoms with Crippen molar-refractivity contribution in [1.82, 2.24) is 20.9 Å². The van der Waals surface area contributed by atoms with Gasteiger partial charge >= 0.3 is 0 Å². The van der Waals surface area contributed by atoms with Gasteiger partial charge in [-0.05, 0) is 54.5 Å². The van der Waals surface area contributed by atoms with Gasteiger partial charge in [0.2, 0.25) is 17.7 Å². The van der Waals surface area contributed by atoms with E-state index in [9.17, 15) is 14.4 Å². The molecule has 37 heavy (non-hydrogen) atoms. The minimum Gasteiger partial charge on any atom is -0.353 e. The first-order chi connectivity index (χ1) is 17.8. The van der Waals surface area contributed by atoms with E-state index >= 15 is 0 Å². The van der Waals surface area contributed by atoms with Gasteiger partial charge in [-0.1, -0.05) is 70.2 Å². The van der Waals surface area contributed by atoms with Crippen LogP contribution < -0.4 is 16.0 Å². The fourth-order valence-corrected chi connectivity index (χ4v) is 5.04. The Bertz CT molecular complexity index is 1050. The molecule has 2 aromatic rings. The Kier molecular flexibility index (Phi) is 10.9. The first kappa shape index (κ1) is 28.6. The molecule has 0 aromatic heterocycles. The second kappa shape index (κ2) is 14.1. The van der Waals surface area contributed by atoms with Gasteiger partial charge in [0.05, 0.1) is 0 Å². The fraction of sp³-hybridized carbons (Fsp3) is 0.567. The molecule has 0 saturated carbocycles. The Morgan fingerprint density at radius 2 is 1.73 bits per heavy atom. The Labute approximate surface area is 221 Å². The number of benzene rings is 2. The quantitative estimate of drug-likeness (QED) is 0.360. The van der Waals surface area contributed by atoms with Crippen LogP contribution in [0.2, 0.25) is 0 Å². The van der Waals surface area contributed by atoms with Crippen LogP contribution in [0.3, 0.4) is 0 Å². The Morgan fingerprint density at radius 3 is 2.43 bits per heavy atom. The van der Waals surface area contributed by atoms with Crippen LogP contribution in [0.15, 0.2) is 42.5 Å². The third-order valence-electron chi connectivity index (χ3n) is 7.21. The SMILES string of the molecule is CCC(CC)C(=O)N1CCCC1C(=O)N[C@H](Cc1ccc2ccccc2c1)C(=O)NCCNCC(C)C. The first-order valence-corrected chi connectivity index (χ1v) is 13.9. The van der Waals surface area contributed by atoms with Crippen LogP contribution in [-0.2, 0) is 20.8 Å². The average Bonchev–Trinajstić information content (AvgIpc) is 3.38. The van der Waals surface area contributed by atoms with E-state index in [0.29, 0.717) is 38.4 Å². The number of fused-ring (bicyclic) bond motifs is 1. The molecule has 0 radical (unpaired) electrons. The zero-order valence-corrected chi connectivity index (χ0v) is 22.9. The molecule has 1 aliphatic rings. The molecule has 1 fully saturated rings. The summed E-state index contributed by atoms with van der Waals surface area (Å²) >= 11 is 0. The zero-order chi connectivity index (χ0) is 26.8. The molecule has 7 nitrogen and oxygen atoms in total. The summed E-state index contributed by atoms with van der Waals surface area (Å²) in [6, 6.07) is 13.0. The Hall–Kier alpha value is -2.93. The summed E-state index contributed by atoms with van der Waals surface area (Å²) in [5.74, 6) is 0.0740. The van der Waals surface area contributed by atoms with Gasteiger partial charge in [-0.3, -0.25) is 14.4 Å². The van der Waals surface area contributed by atoms with Gasteiger partial charge in [0.1, 0.15) is 12.1 Å². The number of hydrogen-bond acceptors (Lipinski definition) is 4. The minimum atomic E-state index is -0.718. The predicted octanol–water partition coefficient (Wildman–Crippen LogP) is 3.66. The van der Waals surface area contributed by atoms with Crippen molar-refractivity contribution in [1.29, 1.82) is 0 Å². The second-order valence-corrected chi connectivity index (χ2v) is 10.5. The monoisotopic (exact) mass is 508 g/mol. The molecule has 3 N–H and O–H groups in total. The van der Waals surface area contributed by atoms with E-state index in [1.54, 1.807) is 4.90 Å². The number of carbonyl (C=O) groups excluding carboxylic acids is 3. The molecule has 2 aromatic carbocycles. The van der Waals surface area contributed by atoms with Gasteiger partial charge < -0.3 is 20.9 Å². The van der Waals surface area contributed by atoms with Crippen molar-refractivity contribution in [2.24, 2.45) is 11.8 Å². The highest BCUT2D eigenvalue weighted by atomic mass is 16.2. The largest absolute Gasteiger partial charge is 0.353 e. The molecule has 2 atom stereocenters. The highest BCUT2D eigenvalue weighted by Crippen LogP contribution is 2.23. The summed E-state index contributed by atoms with van der Waals surface area (Å²) in [4.78, 5) is 41.5. The summed E-state index contributed by atoms with van der Waals surface area (Å²) in [7, 11) is 0. The number of amides is 3. The van der Waals surface area contributed by atoms with Crippen molar-refractivity contribution in [2.45, 2.75) is 71.9 Å². The number of rotatable bonds is 13. The van der Waals surface area contributed by atoms with Crippen LogP contribution in [-0.4, -0.2) is 60.9 Å². The van der Waals surface area contributed by atoms with Crippen molar-refractivity contribution in [3.05, 3.63) is 48.0 Å². The molecule has 3 amide bonds. The van der Waals surface area contributed by atoms with Gasteiger partial charge in [0, 0.05) is 32.0 Å². The molecule has 0 spiro atoms. The first-order valence-electron chi connectivity index (χ1n) is 13.9. The molecule has 1 unspecified atom stereocenters. The van der Waals surface area contributed by atoms with Gasteiger partial charge in [-0.2, -0.15) is 0 Å². The molecular weight excluding hydrogens is 464 g/mol. The standard InChI is InChI=1S/C30H44N4O3/c1-5-23(6-2)30(37)34-17-9-12-27(34)29(36)33-26(28(35)32-16-15-31-20-21(3)4)19-22-13-14-24-10-7-8-11-25(24)18-22/h7-8,10-11,13-14,18,21,23,26-27,31H,5-6,9,12,15-17,19-20H2,1-4H3,(H,32,35)(H,33,36)/t26-,27?/m1/s1. The molecule has 0 aliphatic carbocycles. The van der Waals surface area contributed by atoms with E-state index in [-0.39, 0.29) is 23.6 Å². The molecule has 0 bridgehead atoms. The molecule has 1 aliphatic heterocycles. The Morgan fingerprint density at radius 1 is 1.00 bits per heavy atom. The number of hydrogen-bond donors (Lipinski definition) is 3. The fourth-order valence-electron chi connectivity index (χ4n) is 5.04. The second-order valence-electron chi connectivity index (χ2n) is 10.5. The average molecular weight is 509 g/mol. The van der Waals surface area contributed by atoms with Crippen LogP contribution in [0.25, 0.3) is 10.8 Å². The van der Waals surface area contributed by atoms with Crippen LogP contribution in [0.5, 0.6) is 0 Å². The van der Waals surface area contributed by atoms with E-state index in [4.69, 9.17) is 0 Å². The van der Waals surface area contributed by atoms with Crippen LogP contribution in [0, 0.1) is 11.8 Å². The van der Waals surface area contributed by atoms with E-state index < -0.39 is 12.1 Å². The normalized spacial score (nSPS) is 16.4. The maximum absolute atomic E-state index is 13.4. The maximum Gasteiger partial charge on any atom is 0.243 e. The summed E-state index contributed by atoms with van der Waals surface area (Å²) in [5.41, 5.74) is 0.980. The highest BCUT2D eigenvalue weighted by Gasteiger charge is 2.37. The van der Waals surface area contributed by atoms with E-state index in [1.807, 2.05) is 44.2 Å². The van der Waals surface area contributed by atoms with Crippen LogP contribution >= 0.6 is 0 Å². The number of nitrogens with zero attached hydrogens (tertiary/aromatic N) is 1. The Balaban J connectivity index is 1.72. The van der Waals surface area contributed by atoms with Crippen molar-refractivity contribution in [3.8, 4) is 0 Å². The van der Waals surface area contributed by atoms with Crippen LogP contribution in [0.1, 0.15) is 58.9 Å². The number of likely N-dealkylation sites (tertiary alicyclic amines) is 1. The van der Waals surface area contributed by atoms with Gasteiger partial charge in [-0.25, -0.2) is 0 Å². The molecule has 202 valence electrons. The molecular formula is C30H44N4O3. The lowest BCUT2D eigenvalue weighted by Crippen LogP contribution is -2.54. The molecule has 3 rings (SSSR count). The van der Waals surface area contributed by atoms with Gasteiger partial charge in [0.15, 0.2) is 0 Å². The number of nitrogens with one attached hydrogen (secondary N) is 3. The summed E-state index contributed by atoms with van der Waals surface area (Å²) in [6.45, 7) is 10.9. The van der Waals surface area contributed by atoms with Crippen molar-refractivity contribution >= 4 is 28.5 Å². The maximum atomic E-state index is 13.4. The highest BCUT2D eigenvalue weighted by molar-refractivity contribution is 5.93. The lowest BCUT2D eigenvalue weighted by atomic mass is 10.00. The molecule has 7 heteroatoms. The van der Waals surface area contributed by atoms with Crippen molar-refractivity contribution in [2.75, 3.05) is 26.2 Å². The lowest BCUT2D eigenvalue weighted by Gasteiger charge is -2.29. The van der Waals surface area contributed by atoms with Crippen molar-refractivity contribution < 1.29 is 14.4 Å². The molecule has 1 heterocycles. The molecule has 1 saturated heterocycles. The third kappa shape index (κ3) is 8.03. The van der Waals surface area contributed by atoms with E-state index in [1.165, 1.54) is 0 Å². The van der Waals surface area contributed by atoms with Gasteiger partial charge in [0.25, 0.3) is 0 Å². The van der Waals surface area contributed by atoms with Crippen molar-refractivity contribution in [3.63, 3.8) is 0 Å². The summed E-state index contributed by atoms with van der Waals surface area (Å²) in [6.07, 6.45) is 3.33. The van der Waals surface area contributed by atoms with Gasteiger partial charge in [-0.15, -0.1) is 0 Å². The topological polar surface area (TPSA) is 90.5 Å². The lowest BCUT2D eigenvalue weighted by molar-refractivity contribution is -0.142. The smallest absolute Gasteiger partial charge is 0.243 e. The minimum absolute atomic E-state index is 0.0504. The predicted molar refractivity (Wildman–Crippen MR) is 149 cm³/mol. The zero-order valence-electron chi connectivity index (χ0n) is 22.9. The number of carbonyl (C=O) groups is 3. The summed E-state index contributed by atoms with van der Waals surface area (Å²) in [5, 5.41) is 11.6. The third-order valence-corrected chi connectivity index (χ3v) is 7.21.